The molecule has 1 aromatic rings. The maximum atomic E-state index is 9.97. The van der Waals surface area contributed by atoms with Gasteiger partial charge in [0.05, 0.1) is 17.7 Å². The number of hydrogen-bond acceptors (Lipinski definition) is 2. The molecule has 2 nitrogen and oxygen atoms in total. The van der Waals surface area contributed by atoms with E-state index in [1.54, 1.807) is 7.11 Å². The molecule has 0 heterocycles. The molecule has 1 N–H and O–H groups in total. The SMILES string of the molecule is COc1c(C2(O)CC2)ccc(Br)c1Cl. The Kier molecular flexibility index (Phi) is 2.50. The first-order valence-electron chi connectivity index (χ1n) is 4.33. The fourth-order valence-electron chi connectivity index (χ4n) is 1.49. The van der Waals surface area contributed by atoms with Crippen molar-refractivity contribution in [2.24, 2.45) is 0 Å². The maximum absolute atomic E-state index is 9.97. The topological polar surface area (TPSA) is 29.5 Å². The largest absolute Gasteiger partial charge is 0.495 e. The number of methoxy groups -OCH3 is 1. The molecule has 1 aromatic carbocycles. The van der Waals surface area contributed by atoms with Crippen LogP contribution in [0.4, 0.5) is 0 Å². The molecule has 0 unspecified atom stereocenters. The molecular weight excluding hydrogens is 267 g/mol. The first-order valence-corrected chi connectivity index (χ1v) is 5.50. The van der Waals surface area contributed by atoms with Gasteiger partial charge in [-0.1, -0.05) is 17.7 Å². The minimum atomic E-state index is -0.713. The van der Waals surface area contributed by atoms with Crippen molar-refractivity contribution in [3.05, 3.63) is 27.2 Å². The number of ether oxygens (including phenoxy) is 1. The molecule has 1 fully saturated rings. The van der Waals surface area contributed by atoms with Gasteiger partial charge >= 0.3 is 0 Å². The van der Waals surface area contributed by atoms with Crippen molar-refractivity contribution in [2.75, 3.05) is 7.11 Å². The van der Waals surface area contributed by atoms with E-state index in [2.05, 4.69) is 15.9 Å². The molecule has 0 amide bonds. The lowest BCUT2D eigenvalue weighted by Crippen LogP contribution is -2.07. The fraction of sp³-hybridized carbons (Fsp3) is 0.400. The van der Waals surface area contributed by atoms with Gasteiger partial charge in [0, 0.05) is 10.0 Å². The zero-order chi connectivity index (χ0) is 10.3. The molecular formula is C10H10BrClO2. The van der Waals surface area contributed by atoms with E-state index in [-0.39, 0.29) is 0 Å². The predicted octanol–water partition coefficient (Wildman–Crippen LogP) is 3.09. The Morgan fingerprint density at radius 1 is 1.50 bits per heavy atom. The van der Waals surface area contributed by atoms with Crippen molar-refractivity contribution in [3.63, 3.8) is 0 Å². The fourth-order valence-corrected chi connectivity index (χ4v) is 2.04. The lowest BCUT2D eigenvalue weighted by Gasteiger charge is -2.15. The zero-order valence-corrected chi connectivity index (χ0v) is 10.0. The highest BCUT2D eigenvalue weighted by molar-refractivity contribution is 9.10. The molecule has 1 saturated carbocycles. The molecule has 0 spiro atoms. The van der Waals surface area contributed by atoms with Gasteiger partial charge in [-0.15, -0.1) is 0 Å². The van der Waals surface area contributed by atoms with Crippen molar-refractivity contribution >= 4 is 27.5 Å². The van der Waals surface area contributed by atoms with Crippen LogP contribution in [0.1, 0.15) is 18.4 Å². The van der Waals surface area contributed by atoms with Gasteiger partial charge < -0.3 is 9.84 Å². The van der Waals surface area contributed by atoms with E-state index < -0.39 is 5.60 Å². The Balaban J connectivity index is 2.55. The van der Waals surface area contributed by atoms with Crippen LogP contribution >= 0.6 is 27.5 Å². The average molecular weight is 278 g/mol. The molecule has 14 heavy (non-hydrogen) atoms. The van der Waals surface area contributed by atoms with Gasteiger partial charge in [-0.05, 0) is 34.8 Å². The lowest BCUT2D eigenvalue weighted by molar-refractivity contribution is 0.147. The highest BCUT2D eigenvalue weighted by Gasteiger charge is 2.44. The summed E-state index contributed by atoms with van der Waals surface area (Å²) in [6.45, 7) is 0. The highest BCUT2D eigenvalue weighted by atomic mass is 79.9. The van der Waals surface area contributed by atoms with Gasteiger partial charge in [-0.25, -0.2) is 0 Å². The van der Waals surface area contributed by atoms with Gasteiger partial charge in [-0.3, -0.25) is 0 Å². The van der Waals surface area contributed by atoms with E-state index in [4.69, 9.17) is 16.3 Å². The summed E-state index contributed by atoms with van der Waals surface area (Å²) >= 11 is 9.36. The molecule has 2 rings (SSSR count). The Morgan fingerprint density at radius 3 is 2.64 bits per heavy atom. The van der Waals surface area contributed by atoms with Gasteiger partial charge in [0.15, 0.2) is 0 Å². The molecule has 0 saturated heterocycles. The van der Waals surface area contributed by atoms with Gasteiger partial charge in [0.2, 0.25) is 0 Å². The summed E-state index contributed by atoms with van der Waals surface area (Å²) in [5.41, 5.74) is 0.0728. The van der Waals surface area contributed by atoms with Crippen molar-refractivity contribution in [2.45, 2.75) is 18.4 Å². The van der Waals surface area contributed by atoms with Crippen LogP contribution < -0.4 is 4.74 Å². The Hall–Kier alpha value is -0.250. The van der Waals surface area contributed by atoms with Crippen LogP contribution in [0.25, 0.3) is 0 Å². The summed E-state index contributed by atoms with van der Waals surface area (Å²) in [6, 6.07) is 3.68. The molecule has 0 radical (unpaired) electrons. The Bertz CT molecular complexity index is 375. The van der Waals surface area contributed by atoms with E-state index in [9.17, 15) is 5.11 Å². The zero-order valence-electron chi connectivity index (χ0n) is 7.68. The van der Waals surface area contributed by atoms with E-state index in [0.29, 0.717) is 10.8 Å². The number of hydrogen-bond donors (Lipinski definition) is 1. The van der Waals surface area contributed by atoms with Crippen LogP contribution in [-0.2, 0) is 5.60 Å². The summed E-state index contributed by atoms with van der Waals surface area (Å²) in [6.07, 6.45) is 1.56. The molecule has 1 aliphatic carbocycles. The summed E-state index contributed by atoms with van der Waals surface area (Å²) in [7, 11) is 1.56. The average Bonchev–Trinajstić information content (AvgIpc) is 2.89. The summed E-state index contributed by atoms with van der Waals surface area (Å²) < 4.78 is 5.98. The minimum Gasteiger partial charge on any atom is -0.495 e. The highest BCUT2D eigenvalue weighted by Crippen LogP contribution is 2.51. The van der Waals surface area contributed by atoms with Crippen LogP contribution in [-0.4, -0.2) is 12.2 Å². The molecule has 0 atom stereocenters. The van der Waals surface area contributed by atoms with Gasteiger partial charge in [-0.2, -0.15) is 0 Å². The van der Waals surface area contributed by atoms with Crippen molar-refractivity contribution < 1.29 is 9.84 Å². The van der Waals surface area contributed by atoms with E-state index in [1.165, 1.54) is 0 Å². The number of rotatable bonds is 2. The van der Waals surface area contributed by atoms with E-state index >= 15 is 0 Å². The monoisotopic (exact) mass is 276 g/mol. The smallest absolute Gasteiger partial charge is 0.144 e. The molecule has 0 aromatic heterocycles. The van der Waals surface area contributed by atoms with Crippen LogP contribution in [0.2, 0.25) is 5.02 Å². The number of aliphatic hydroxyl groups is 1. The second-order valence-corrected chi connectivity index (χ2v) is 4.71. The second-order valence-electron chi connectivity index (χ2n) is 3.47. The third-order valence-corrected chi connectivity index (χ3v) is 3.74. The lowest BCUT2D eigenvalue weighted by atomic mass is 10.1. The molecule has 0 bridgehead atoms. The first-order chi connectivity index (χ1) is 6.58. The van der Waals surface area contributed by atoms with Crippen LogP contribution in [0.15, 0.2) is 16.6 Å². The Labute approximate surface area is 96.0 Å². The third-order valence-electron chi connectivity index (χ3n) is 2.48. The quantitative estimate of drug-likeness (QED) is 0.900. The van der Waals surface area contributed by atoms with Crippen molar-refractivity contribution in [3.8, 4) is 5.75 Å². The molecule has 4 heteroatoms. The minimum absolute atomic E-state index is 0.519. The van der Waals surface area contributed by atoms with Crippen LogP contribution in [0.5, 0.6) is 5.75 Å². The standard InChI is InChI=1S/C10H10BrClO2/c1-14-9-6(10(13)4-5-10)2-3-7(11)8(9)12/h2-3,13H,4-5H2,1H3. The summed E-state index contributed by atoms with van der Waals surface area (Å²) in [5.74, 6) is 0.570. The van der Waals surface area contributed by atoms with E-state index in [1.807, 2.05) is 12.1 Å². The van der Waals surface area contributed by atoms with Crippen LogP contribution in [0.3, 0.4) is 0 Å². The Morgan fingerprint density at radius 2 is 2.14 bits per heavy atom. The third kappa shape index (κ3) is 1.53. The molecule has 0 aliphatic heterocycles. The molecule has 76 valence electrons. The first kappa shape index (κ1) is 10.3. The molecule has 1 aliphatic rings. The predicted molar refractivity (Wildman–Crippen MR) is 58.8 cm³/mol. The van der Waals surface area contributed by atoms with Crippen molar-refractivity contribution in [1.82, 2.24) is 0 Å². The van der Waals surface area contributed by atoms with Gasteiger partial charge in [0.25, 0.3) is 0 Å². The second kappa shape index (κ2) is 3.40. The maximum Gasteiger partial charge on any atom is 0.144 e. The summed E-state index contributed by atoms with van der Waals surface area (Å²) in [4.78, 5) is 0. The number of benzene rings is 1. The number of halogens is 2. The van der Waals surface area contributed by atoms with Crippen LogP contribution in [0, 0.1) is 0 Å². The normalized spacial score (nSPS) is 18.0. The van der Waals surface area contributed by atoms with Crippen molar-refractivity contribution in [1.29, 1.82) is 0 Å². The summed E-state index contributed by atoms with van der Waals surface area (Å²) in [5, 5.41) is 10.5. The van der Waals surface area contributed by atoms with Gasteiger partial charge in [0.1, 0.15) is 5.75 Å². The van der Waals surface area contributed by atoms with E-state index in [0.717, 1.165) is 22.9 Å².